The molecule has 0 radical (unpaired) electrons. The van der Waals surface area contributed by atoms with E-state index in [4.69, 9.17) is 0 Å². The van der Waals surface area contributed by atoms with Crippen LogP contribution in [0.2, 0.25) is 0 Å². The Morgan fingerprint density at radius 3 is 2.92 bits per heavy atom. The molecule has 13 heavy (non-hydrogen) atoms. The summed E-state index contributed by atoms with van der Waals surface area (Å²) in [7, 11) is 0. The highest BCUT2D eigenvalue weighted by atomic mass is 127. The van der Waals surface area contributed by atoms with Crippen molar-refractivity contribution in [2.24, 2.45) is 0 Å². The molecule has 0 aliphatic carbocycles. The minimum absolute atomic E-state index is 1.09. The van der Waals surface area contributed by atoms with E-state index < -0.39 is 0 Å². The molecule has 3 heteroatoms. The van der Waals surface area contributed by atoms with Gasteiger partial charge in [-0.3, -0.25) is 0 Å². The van der Waals surface area contributed by atoms with E-state index in [0.717, 1.165) is 6.42 Å². The van der Waals surface area contributed by atoms with E-state index in [2.05, 4.69) is 63.6 Å². The first-order chi connectivity index (χ1) is 6.22. The topological polar surface area (TPSA) is 0 Å². The van der Waals surface area contributed by atoms with Gasteiger partial charge in [0.1, 0.15) is 0 Å². The minimum Gasteiger partial charge on any atom is -0.129 e. The van der Waals surface area contributed by atoms with Crippen molar-refractivity contribution in [3.05, 3.63) is 31.1 Å². The molecule has 0 fully saturated rings. The summed E-state index contributed by atoms with van der Waals surface area (Å²) in [6.07, 6.45) is 1.09. The van der Waals surface area contributed by atoms with E-state index in [-0.39, 0.29) is 0 Å². The Morgan fingerprint density at radius 1 is 1.46 bits per heavy atom. The van der Waals surface area contributed by atoms with Crippen molar-refractivity contribution in [3.8, 4) is 0 Å². The molecule has 1 aromatic carbocycles. The molecule has 0 nitrogen and oxygen atoms in total. The van der Waals surface area contributed by atoms with E-state index in [1.807, 2.05) is 11.3 Å². The monoisotopic (exact) mass is 366 g/mol. The lowest BCUT2D eigenvalue weighted by atomic mass is 10.1. The summed E-state index contributed by atoms with van der Waals surface area (Å²) in [6, 6.07) is 6.60. The lowest BCUT2D eigenvalue weighted by Crippen LogP contribution is -1.82. The minimum atomic E-state index is 1.09. The van der Waals surface area contributed by atoms with Crippen LogP contribution in [0.1, 0.15) is 12.5 Å². The molecule has 2 aromatic rings. The molecule has 0 saturated heterocycles. The fourth-order valence-electron chi connectivity index (χ4n) is 1.47. The van der Waals surface area contributed by atoms with Gasteiger partial charge in [-0.1, -0.05) is 22.9 Å². The molecule has 0 bridgehead atoms. The molecule has 0 unspecified atom stereocenters. The average molecular weight is 367 g/mol. The summed E-state index contributed by atoms with van der Waals surface area (Å²) < 4.78 is 3.99. The zero-order valence-corrected chi connectivity index (χ0v) is 11.7. The number of benzene rings is 1. The fourth-order valence-corrected chi connectivity index (χ4v) is 3.94. The summed E-state index contributed by atoms with van der Waals surface area (Å²) in [5.41, 5.74) is 1.43. The second kappa shape index (κ2) is 3.87. The summed E-state index contributed by atoms with van der Waals surface area (Å²) in [4.78, 5) is 0. The molecular weight excluding hydrogens is 359 g/mol. The molecule has 0 spiro atoms. The van der Waals surface area contributed by atoms with Crippen molar-refractivity contribution >= 4 is 59.9 Å². The van der Waals surface area contributed by atoms with Crippen LogP contribution in [0.4, 0.5) is 0 Å². The standard InChI is InChI=1S/C10H8BrIS/c1-2-6-7-5-10(12)13-9(7)4-3-8(6)11/h3-5H,2H2,1H3. The normalized spacial score (nSPS) is 11.0. The first kappa shape index (κ1) is 9.93. The summed E-state index contributed by atoms with van der Waals surface area (Å²) in [5.74, 6) is 0. The zero-order chi connectivity index (χ0) is 9.42. The Morgan fingerprint density at radius 2 is 2.23 bits per heavy atom. The van der Waals surface area contributed by atoms with Gasteiger partial charge < -0.3 is 0 Å². The van der Waals surface area contributed by atoms with Gasteiger partial charge in [0.25, 0.3) is 0 Å². The molecule has 0 saturated carbocycles. The van der Waals surface area contributed by atoms with Crippen molar-refractivity contribution in [2.75, 3.05) is 0 Å². The number of thiophene rings is 1. The van der Waals surface area contributed by atoms with Crippen LogP contribution in [-0.4, -0.2) is 0 Å². The van der Waals surface area contributed by atoms with Gasteiger partial charge in [0.05, 0.1) is 2.88 Å². The van der Waals surface area contributed by atoms with E-state index in [9.17, 15) is 0 Å². The van der Waals surface area contributed by atoms with Crippen LogP contribution in [0.25, 0.3) is 10.1 Å². The predicted octanol–water partition coefficient (Wildman–Crippen LogP) is 4.83. The molecule has 0 atom stereocenters. The maximum Gasteiger partial charge on any atom is 0.0666 e. The van der Waals surface area contributed by atoms with Crippen LogP contribution in [0.5, 0.6) is 0 Å². The molecule has 0 aliphatic rings. The number of aryl methyl sites for hydroxylation is 1. The van der Waals surface area contributed by atoms with Gasteiger partial charge in [-0.15, -0.1) is 11.3 Å². The second-order valence-corrected chi connectivity index (χ2v) is 6.67. The molecule has 0 aliphatic heterocycles. The largest absolute Gasteiger partial charge is 0.129 e. The summed E-state index contributed by atoms with van der Waals surface area (Å²) in [6.45, 7) is 2.20. The lowest BCUT2D eigenvalue weighted by Gasteiger charge is -2.01. The van der Waals surface area contributed by atoms with Gasteiger partial charge in [-0.05, 0) is 58.2 Å². The van der Waals surface area contributed by atoms with Crippen molar-refractivity contribution in [1.82, 2.24) is 0 Å². The summed E-state index contributed by atoms with van der Waals surface area (Å²) >= 11 is 7.83. The average Bonchev–Trinajstić information content (AvgIpc) is 2.45. The van der Waals surface area contributed by atoms with Crippen LogP contribution >= 0.6 is 49.9 Å². The van der Waals surface area contributed by atoms with Crippen LogP contribution in [0.3, 0.4) is 0 Å². The van der Waals surface area contributed by atoms with Crippen molar-refractivity contribution in [2.45, 2.75) is 13.3 Å². The van der Waals surface area contributed by atoms with Crippen LogP contribution in [-0.2, 0) is 6.42 Å². The fraction of sp³-hybridized carbons (Fsp3) is 0.200. The van der Waals surface area contributed by atoms with Crippen molar-refractivity contribution in [1.29, 1.82) is 0 Å². The van der Waals surface area contributed by atoms with Crippen LogP contribution in [0, 0.1) is 2.88 Å². The first-order valence-corrected chi connectivity index (χ1v) is 6.77. The highest BCUT2D eigenvalue weighted by molar-refractivity contribution is 14.1. The number of halogens is 2. The van der Waals surface area contributed by atoms with E-state index in [1.54, 1.807) is 0 Å². The highest BCUT2D eigenvalue weighted by Crippen LogP contribution is 2.33. The Balaban J connectivity index is 2.82. The SMILES string of the molecule is CCc1c(Br)ccc2sc(I)cc12. The summed E-state index contributed by atoms with van der Waals surface area (Å²) in [5, 5.41) is 1.41. The van der Waals surface area contributed by atoms with E-state index in [0.29, 0.717) is 0 Å². The molecule has 1 aromatic heterocycles. The van der Waals surface area contributed by atoms with E-state index >= 15 is 0 Å². The van der Waals surface area contributed by atoms with Gasteiger partial charge in [-0.25, -0.2) is 0 Å². The third-order valence-corrected chi connectivity index (χ3v) is 4.68. The molecule has 2 rings (SSSR count). The number of hydrogen-bond donors (Lipinski definition) is 0. The third-order valence-electron chi connectivity index (χ3n) is 2.08. The Labute approximate surface area is 104 Å². The Hall–Kier alpha value is 0.390. The first-order valence-electron chi connectivity index (χ1n) is 4.08. The van der Waals surface area contributed by atoms with Gasteiger partial charge in [-0.2, -0.15) is 0 Å². The molecule has 0 N–H and O–H groups in total. The zero-order valence-electron chi connectivity index (χ0n) is 7.10. The highest BCUT2D eigenvalue weighted by Gasteiger charge is 2.06. The van der Waals surface area contributed by atoms with Crippen LogP contribution < -0.4 is 0 Å². The maximum atomic E-state index is 3.59. The van der Waals surface area contributed by atoms with Gasteiger partial charge in [0.15, 0.2) is 0 Å². The van der Waals surface area contributed by atoms with Gasteiger partial charge in [0, 0.05) is 9.17 Å². The van der Waals surface area contributed by atoms with Gasteiger partial charge >= 0.3 is 0 Å². The quantitative estimate of drug-likeness (QED) is 0.634. The van der Waals surface area contributed by atoms with E-state index in [1.165, 1.54) is 23.0 Å². The Kier molecular flexibility index (Phi) is 2.95. The number of rotatable bonds is 1. The van der Waals surface area contributed by atoms with Crippen molar-refractivity contribution < 1.29 is 0 Å². The Bertz CT molecular complexity index is 447. The molecule has 68 valence electrons. The number of fused-ring (bicyclic) bond motifs is 1. The molecular formula is C10H8BrIS. The predicted molar refractivity (Wildman–Crippen MR) is 71.6 cm³/mol. The molecule has 1 heterocycles. The third kappa shape index (κ3) is 1.78. The van der Waals surface area contributed by atoms with Gasteiger partial charge in [0.2, 0.25) is 0 Å². The van der Waals surface area contributed by atoms with Crippen LogP contribution in [0.15, 0.2) is 22.7 Å². The molecule has 0 amide bonds. The lowest BCUT2D eigenvalue weighted by molar-refractivity contribution is 1.15. The number of hydrogen-bond acceptors (Lipinski definition) is 1. The smallest absolute Gasteiger partial charge is 0.0666 e. The van der Waals surface area contributed by atoms with Crippen molar-refractivity contribution in [3.63, 3.8) is 0 Å². The second-order valence-electron chi connectivity index (χ2n) is 2.84. The maximum absolute atomic E-state index is 3.59.